The van der Waals surface area contributed by atoms with Gasteiger partial charge < -0.3 is 9.64 Å². The van der Waals surface area contributed by atoms with E-state index < -0.39 is 0 Å². The van der Waals surface area contributed by atoms with E-state index in [4.69, 9.17) is 4.74 Å². The normalized spacial score (nSPS) is 11.2. The molecule has 0 N–H and O–H groups in total. The molecule has 114 valence electrons. The van der Waals surface area contributed by atoms with Crippen LogP contribution in [0.3, 0.4) is 0 Å². The molecule has 22 heavy (non-hydrogen) atoms. The average Bonchev–Trinajstić information content (AvgIpc) is 3.06. The number of amides is 1. The molecule has 0 aliphatic carbocycles. The third-order valence-corrected chi connectivity index (χ3v) is 3.95. The van der Waals surface area contributed by atoms with E-state index in [0.29, 0.717) is 6.54 Å². The van der Waals surface area contributed by atoms with Crippen molar-refractivity contribution >= 4 is 22.9 Å². The van der Waals surface area contributed by atoms with Crippen molar-refractivity contribution in [2.75, 3.05) is 12.0 Å². The first-order chi connectivity index (χ1) is 10.7. The molecule has 3 nitrogen and oxygen atoms in total. The summed E-state index contributed by atoms with van der Waals surface area (Å²) in [6.45, 7) is 2.48. The predicted octanol–water partition coefficient (Wildman–Crippen LogP) is 4.42. The first kappa shape index (κ1) is 16.0. The molecule has 0 spiro atoms. The van der Waals surface area contributed by atoms with Crippen molar-refractivity contribution in [3.05, 3.63) is 71.0 Å². The van der Waals surface area contributed by atoms with Gasteiger partial charge in [0.15, 0.2) is 0 Å². The largest absolute Gasteiger partial charge is 0.497 e. The molecule has 0 saturated heterocycles. The van der Waals surface area contributed by atoms with Crippen LogP contribution in [0.1, 0.15) is 11.8 Å². The molecular formula is C18H19NO2S. The molecule has 0 fully saturated rings. The maximum absolute atomic E-state index is 12.5. The highest BCUT2D eigenvalue weighted by Gasteiger charge is 2.14. The van der Waals surface area contributed by atoms with E-state index in [1.807, 2.05) is 60.9 Å². The van der Waals surface area contributed by atoms with Gasteiger partial charge in [-0.1, -0.05) is 24.3 Å². The molecule has 1 aromatic heterocycles. The summed E-state index contributed by atoms with van der Waals surface area (Å²) >= 11 is 1.64. The minimum absolute atomic E-state index is 0.0448. The Balaban J connectivity index is 2.25. The Morgan fingerprint density at radius 1 is 1.23 bits per heavy atom. The van der Waals surface area contributed by atoms with Gasteiger partial charge in [-0.15, -0.1) is 11.3 Å². The summed E-state index contributed by atoms with van der Waals surface area (Å²) in [6, 6.07) is 11.5. The molecule has 0 bridgehead atoms. The number of methoxy groups -OCH3 is 1. The smallest absolute Gasteiger partial charge is 0.251 e. The summed E-state index contributed by atoms with van der Waals surface area (Å²) in [7, 11) is 1.63. The van der Waals surface area contributed by atoms with E-state index >= 15 is 0 Å². The molecule has 0 aliphatic rings. The molecule has 0 saturated carbocycles. The third-order valence-electron chi connectivity index (χ3n) is 3.09. The number of nitrogens with zero attached hydrogens (tertiary/aromatic N) is 1. The Bertz CT molecular complexity index is 642. The van der Waals surface area contributed by atoms with Crippen molar-refractivity contribution in [2.24, 2.45) is 0 Å². The number of ether oxygens (including phenoxy) is 1. The second-order valence-electron chi connectivity index (χ2n) is 4.59. The molecule has 1 heterocycles. The predicted molar refractivity (Wildman–Crippen MR) is 92.5 cm³/mol. The zero-order chi connectivity index (χ0) is 15.8. The molecule has 0 unspecified atom stereocenters. The zero-order valence-electron chi connectivity index (χ0n) is 12.7. The van der Waals surface area contributed by atoms with Gasteiger partial charge in [0.1, 0.15) is 5.75 Å². The fraction of sp³-hybridized carbons (Fsp3) is 0.167. The van der Waals surface area contributed by atoms with Crippen LogP contribution in [-0.2, 0) is 11.3 Å². The van der Waals surface area contributed by atoms with E-state index in [0.717, 1.165) is 16.3 Å². The SMILES string of the molecule is CC=CC=CC(=O)N(Cc1cccs1)c1ccc(OC)cc1. The number of benzene rings is 1. The van der Waals surface area contributed by atoms with Crippen molar-refractivity contribution in [2.45, 2.75) is 13.5 Å². The lowest BCUT2D eigenvalue weighted by Crippen LogP contribution is -2.28. The number of hydrogen-bond donors (Lipinski definition) is 0. The van der Waals surface area contributed by atoms with Crippen LogP contribution in [0.5, 0.6) is 5.75 Å². The molecule has 1 amide bonds. The summed E-state index contributed by atoms with van der Waals surface area (Å²) < 4.78 is 5.17. The van der Waals surface area contributed by atoms with Gasteiger partial charge in [-0.05, 0) is 42.6 Å². The fourth-order valence-electron chi connectivity index (χ4n) is 1.96. The lowest BCUT2D eigenvalue weighted by Gasteiger charge is -2.21. The first-order valence-corrected chi connectivity index (χ1v) is 7.90. The topological polar surface area (TPSA) is 29.5 Å². The van der Waals surface area contributed by atoms with Crippen LogP contribution in [0.4, 0.5) is 5.69 Å². The number of rotatable bonds is 6. The highest BCUT2D eigenvalue weighted by molar-refractivity contribution is 7.09. The minimum Gasteiger partial charge on any atom is -0.497 e. The number of thiophene rings is 1. The van der Waals surface area contributed by atoms with Gasteiger partial charge in [0.2, 0.25) is 0 Å². The fourth-order valence-corrected chi connectivity index (χ4v) is 2.65. The summed E-state index contributed by atoms with van der Waals surface area (Å²) in [6.07, 6.45) is 7.07. The second-order valence-corrected chi connectivity index (χ2v) is 5.62. The maximum Gasteiger partial charge on any atom is 0.251 e. The van der Waals surface area contributed by atoms with Gasteiger partial charge in [0, 0.05) is 16.6 Å². The zero-order valence-corrected chi connectivity index (χ0v) is 13.5. The maximum atomic E-state index is 12.5. The van der Waals surface area contributed by atoms with Crippen LogP contribution in [0, 0.1) is 0 Å². The summed E-state index contributed by atoms with van der Waals surface area (Å²) in [5, 5.41) is 2.02. The van der Waals surface area contributed by atoms with Gasteiger partial charge >= 0.3 is 0 Å². The van der Waals surface area contributed by atoms with E-state index in [1.165, 1.54) is 0 Å². The van der Waals surface area contributed by atoms with Gasteiger partial charge in [0.25, 0.3) is 5.91 Å². The van der Waals surface area contributed by atoms with Crippen LogP contribution in [-0.4, -0.2) is 13.0 Å². The Morgan fingerprint density at radius 2 is 2.00 bits per heavy atom. The van der Waals surface area contributed by atoms with Crippen LogP contribution < -0.4 is 9.64 Å². The Morgan fingerprint density at radius 3 is 2.59 bits per heavy atom. The number of carbonyl (C=O) groups excluding carboxylic acids is 1. The van der Waals surface area contributed by atoms with Crippen LogP contribution in [0.25, 0.3) is 0 Å². The van der Waals surface area contributed by atoms with Gasteiger partial charge in [0.05, 0.1) is 13.7 Å². The number of carbonyl (C=O) groups is 1. The lowest BCUT2D eigenvalue weighted by atomic mass is 10.2. The first-order valence-electron chi connectivity index (χ1n) is 7.02. The highest BCUT2D eigenvalue weighted by atomic mass is 32.1. The summed E-state index contributed by atoms with van der Waals surface area (Å²) in [5.41, 5.74) is 0.851. The monoisotopic (exact) mass is 313 g/mol. The van der Waals surface area contributed by atoms with E-state index in [2.05, 4.69) is 0 Å². The summed E-state index contributed by atoms with van der Waals surface area (Å²) in [5.74, 6) is 0.730. The number of anilines is 1. The summed E-state index contributed by atoms with van der Waals surface area (Å²) in [4.78, 5) is 15.4. The Hall–Kier alpha value is -2.33. The van der Waals surface area contributed by atoms with Gasteiger partial charge in [-0.3, -0.25) is 4.79 Å². The van der Waals surface area contributed by atoms with Crippen molar-refractivity contribution in [3.63, 3.8) is 0 Å². The number of allylic oxidation sites excluding steroid dienone is 3. The quantitative estimate of drug-likeness (QED) is 0.583. The van der Waals surface area contributed by atoms with Crippen LogP contribution >= 0.6 is 11.3 Å². The standard InChI is InChI=1S/C18H19NO2S/c1-3-4-5-8-18(20)19(14-17-7-6-13-22-17)15-9-11-16(21-2)12-10-15/h3-13H,14H2,1-2H3. The Kier molecular flexibility index (Phi) is 5.98. The highest BCUT2D eigenvalue weighted by Crippen LogP contribution is 2.23. The van der Waals surface area contributed by atoms with E-state index in [-0.39, 0.29) is 5.91 Å². The Labute approximate surface area is 135 Å². The third kappa shape index (κ3) is 4.33. The molecule has 1 aromatic carbocycles. The molecule has 2 rings (SSSR count). The molecule has 0 atom stereocenters. The molecule has 2 aromatic rings. The molecule has 4 heteroatoms. The van der Waals surface area contributed by atoms with Crippen molar-refractivity contribution in [1.29, 1.82) is 0 Å². The van der Waals surface area contributed by atoms with Gasteiger partial charge in [-0.2, -0.15) is 0 Å². The molecular weight excluding hydrogens is 294 g/mol. The average molecular weight is 313 g/mol. The lowest BCUT2D eigenvalue weighted by molar-refractivity contribution is -0.114. The second kappa shape index (κ2) is 8.20. The van der Waals surface area contributed by atoms with Crippen LogP contribution in [0.15, 0.2) is 66.1 Å². The molecule has 0 radical (unpaired) electrons. The van der Waals surface area contributed by atoms with Crippen molar-refractivity contribution < 1.29 is 9.53 Å². The van der Waals surface area contributed by atoms with Crippen LogP contribution in [0.2, 0.25) is 0 Å². The van der Waals surface area contributed by atoms with E-state index in [1.54, 1.807) is 35.5 Å². The number of hydrogen-bond acceptors (Lipinski definition) is 3. The van der Waals surface area contributed by atoms with Gasteiger partial charge in [-0.25, -0.2) is 0 Å². The van der Waals surface area contributed by atoms with Crippen molar-refractivity contribution in [3.8, 4) is 5.75 Å². The molecule has 0 aliphatic heterocycles. The minimum atomic E-state index is -0.0448. The van der Waals surface area contributed by atoms with E-state index in [9.17, 15) is 4.79 Å². The van der Waals surface area contributed by atoms with Crippen molar-refractivity contribution in [1.82, 2.24) is 0 Å².